The quantitative estimate of drug-likeness (QED) is 0.587. The zero-order chi connectivity index (χ0) is 19.2. The van der Waals surface area contributed by atoms with E-state index in [1.54, 1.807) is 11.1 Å². The number of nitrogens with one attached hydrogen (secondary N) is 1. The molecule has 1 aliphatic carbocycles. The van der Waals surface area contributed by atoms with Crippen LogP contribution in [-0.2, 0) is 16.2 Å². The molecule has 1 aromatic heterocycles. The summed E-state index contributed by atoms with van der Waals surface area (Å²) in [6, 6.07) is 5.99. The maximum atomic E-state index is 13.4. The Morgan fingerprint density at radius 1 is 1.41 bits per heavy atom. The van der Waals surface area contributed by atoms with Gasteiger partial charge in [-0.2, -0.15) is 0 Å². The molecule has 0 bridgehead atoms. The number of carbonyl (C=O) groups is 1. The molecule has 3 rings (SSSR count). The first-order valence-electron chi connectivity index (χ1n) is 9.76. The van der Waals surface area contributed by atoms with Gasteiger partial charge in [-0.15, -0.1) is 0 Å². The van der Waals surface area contributed by atoms with Gasteiger partial charge in [-0.25, -0.2) is 4.39 Å². The van der Waals surface area contributed by atoms with Crippen LogP contribution >= 0.6 is 0 Å². The lowest BCUT2D eigenvalue weighted by molar-refractivity contribution is -0.131. The van der Waals surface area contributed by atoms with Gasteiger partial charge >= 0.3 is 0 Å². The Morgan fingerprint density at radius 2 is 2.26 bits per heavy atom. The van der Waals surface area contributed by atoms with E-state index in [9.17, 15) is 9.18 Å². The van der Waals surface area contributed by atoms with Gasteiger partial charge in [0, 0.05) is 30.6 Å². The lowest BCUT2D eigenvalue weighted by Gasteiger charge is -2.22. The highest BCUT2D eigenvalue weighted by Crippen LogP contribution is 2.27. The van der Waals surface area contributed by atoms with Gasteiger partial charge in [-0.1, -0.05) is 11.2 Å². The third kappa shape index (κ3) is 5.48. The number of amides is 1. The molecule has 2 heterocycles. The van der Waals surface area contributed by atoms with Crippen molar-refractivity contribution in [1.29, 1.82) is 0 Å². The van der Waals surface area contributed by atoms with Gasteiger partial charge < -0.3 is 15.1 Å². The molecule has 2 fully saturated rings. The number of oxime groups is 1. The molecule has 27 heavy (non-hydrogen) atoms. The minimum Gasteiger partial charge on any atom is -0.389 e. The Hall–Kier alpha value is -2.02. The van der Waals surface area contributed by atoms with Crippen molar-refractivity contribution in [3.63, 3.8) is 0 Å². The zero-order valence-corrected chi connectivity index (χ0v) is 16.1. The molecule has 6 nitrogen and oxygen atoms in total. The maximum Gasteiger partial charge on any atom is 0.236 e. The Morgan fingerprint density at radius 3 is 2.96 bits per heavy atom. The molecule has 0 radical (unpaired) electrons. The number of rotatable bonds is 7. The van der Waals surface area contributed by atoms with Gasteiger partial charge in [0.25, 0.3) is 0 Å². The second-order valence-electron chi connectivity index (χ2n) is 7.64. The number of halogens is 1. The normalized spacial score (nSPS) is 28.6. The van der Waals surface area contributed by atoms with E-state index in [1.807, 2.05) is 32.0 Å². The van der Waals surface area contributed by atoms with E-state index in [0.29, 0.717) is 25.0 Å². The first kappa shape index (κ1) is 19.7. The zero-order valence-electron chi connectivity index (χ0n) is 16.1. The number of pyridine rings is 1. The number of hydrogen-bond donors (Lipinski definition) is 1. The predicted octanol–water partition coefficient (Wildman–Crippen LogP) is 2.69. The first-order valence-corrected chi connectivity index (χ1v) is 9.76. The highest BCUT2D eigenvalue weighted by Gasteiger charge is 2.33. The van der Waals surface area contributed by atoms with E-state index in [1.165, 1.54) is 0 Å². The van der Waals surface area contributed by atoms with Crippen molar-refractivity contribution in [2.45, 2.75) is 64.4 Å². The summed E-state index contributed by atoms with van der Waals surface area (Å²) in [5, 5.41) is 7.59. The fraction of sp³-hybridized carbons (Fsp3) is 0.650. The molecule has 1 saturated heterocycles. The topological polar surface area (TPSA) is 66.8 Å². The average molecular weight is 376 g/mol. The third-order valence-corrected chi connectivity index (χ3v) is 5.56. The summed E-state index contributed by atoms with van der Waals surface area (Å²) in [6.07, 6.45) is 4.28. The largest absolute Gasteiger partial charge is 0.389 e. The van der Waals surface area contributed by atoms with E-state index >= 15 is 0 Å². The van der Waals surface area contributed by atoms with Crippen LogP contribution in [0.5, 0.6) is 0 Å². The summed E-state index contributed by atoms with van der Waals surface area (Å²) in [5.41, 5.74) is 1.83. The molecule has 148 valence electrons. The lowest BCUT2D eigenvalue weighted by Crippen LogP contribution is -2.42. The number of hydrogen-bond acceptors (Lipinski definition) is 5. The van der Waals surface area contributed by atoms with Crippen LogP contribution in [-0.4, -0.2) is 52.8 Å². The van der Waals surface area contributed by atoms with E-state index < -0.39 is 6.17 Å². The van der Waals surface area contributed by atoms with Crippen molar-refractivity contribution in [2.75, 3.05) is 13.1 Å². The van der Waals surface area contributed by atoms with E-state index in [0.717, 1.165) is 30.7 Å². The average Bonchev–Trinajstić information content (AvgIpc) is 3.27. The summed E-state index contributed by atoms with van der Waals surface area (Å²) in [7, 11) is 0. The first-order chi connectivity index (χ1) is 13.0. The van der Waals surface area contributed by atoms with Crippen molar-refractivity contribution < 1.29 is 14.0 Å². The third-order valence-electron chi connectivity index (χ3n) is 5.56. The Kier molecular flexibility index (Phi) is 6.77. The highest BCUT2D eigenvalue weighted by molar-refractivity contribution is 5.84. The van der Waals surface area contributed by atoms with Crippen molar-refractivity contribution in [3.8, 4) is 0 Å². The number of likely N-dealkylation sites (tertiary alicyclic amines) is 1. The molecule has 4 atom stereocenters. The van der Waals surface area contributed by atoms with Gasteiger partial charge in [0.05, 0.1) is 24.5 Å². The molecule has 0 spiro atoms. The van der Waals surface area contributed by atoms with Gasteiger partial charge in [-0.05, 0) is 45.2 Å². The predicted molar refractivity (Wildman–Crippen MR) is 102 cm³/mol. The van der Waals surface area contributed by atoms with Gasteiger partial charge in [0.1, 0.15) is 6.17 Å². The summed E-state index contributed by atoms with van der Waals surface area (Å²) in [5.74, 6) is 0.359. The van der Waals surface area contributed by atoms with E-state index in [2.05, 4.69) is 15.5 Å². The summed E-state index contributed by atoms with van der Waals surface area (Å²) >= 11 is 0. The minimum absolute atomic E-state index is 0.00347. The second-order valence-corrected chi connectivity index (χ2v) is 7.64. The van der Waals surface area contributed by atoms with Gasteiger partial charge in [0.15, 0.2) is 6.61 Å². The van der Waals surface area contributed by atoms with Crippen LogP contribution in [0.15, 0.2) is 29.6 Å². The molecule has 1 aromatic rings. The molecule has 1 saturated carbocycles. The second kappa shape index (κ2) is 9.26. The van der Waals surface area contributed by atoms with Crippen molar-refractivity contribution in [2.24, 2.45) is 11.1 Å². The van der Waals surface area contributed by atoms with Gasteiger partial charge in [-0.3, -0.25) is 9.78 Å². The summed E-state index contributed by atoms with van der Waals surface area (Å²) < 4.78 is 13.4. The monoisotopic (exact) mass is 376 g/mol. The molecular formula is C20H29FN4O2. The molecule has 0 aromatic carbocycles. The molecule has 0 unspecified atom stereocenters. The lowest BCUT2D eigenvalue weighted by atomic mass is 10.0. The number of nitrogens with zero attached hydrogens (tertiary/aromatic N) is 3. The molecular weight excluding hydrogens is 347 g/mol. The number of carbonyl (C=O) groups excluding carboxylic acids is 1. The minimum atomic E-state index is -0.884. The molecule has 1 aliphatic heterocycles. The number of alkyl halides is 1. The smallest absolute Gasteiger partial charge is 0.236 e. The highest BCUT2D eigenvalue weighted by atomic mass is 19.1. The standard InChI is InChI=1S/C20H29FN4O2/c1-14-9-17(21)12-25(14)20(26)11-23-18-7-6-16(10-18)15(2)24-27-13-19-5-3-4-8-22-19/h3-5,8,14,16-18,23H,6-7,9-13H2,1-2H3/b24-15+/t14-,16+,17+,18-/m1/s1. The number of aromatic nitrogens is 1. The van der Waals surface area contributed by atoms with Crippen LogP contribution in [0.25, 0.3) is 0 Å². The molecule has 7 heteroatoms. The van der Waals surface area contributed by atoms with E-state index in [-0.39, 0.29) is 25.0 Å². The SMILES string of the molecule is C/C(=N\OCc1ccccn1)[C@H]1CC[C@@H](NCC(=O)N2C[C@@H](F)C[C@H]2C)C1. The van der Waals surface area contributed by atoms with Crippen molar-refractivity contribution >= 4 is 11.6 Å². The molecule has 2 aliphatic rings. The summed E-state index contributed by atoms with van der Waals surface area (Å²) in [6.45, 7) is 4.78. The maximum absolute atomic E-state index is 13.4. The van der Waals surface area contributed by atoms with Crippen LogP contribution in [0.4, 0.5) is 4.39 Å². The van der Waals surface area contributed by atoms with Crippen molar-refractivity contribution in [1.82, 2.24) is 15.2 Å². The van der Waals surface area contributed by atoms with Gasteiger partial charge in [0.2, 0.25) is 5.91 Å². The van der Waals surface area contributed by atoms with Crippen LogP contribution in [0, 0.1) is 5.92 Å². The van der Waals surface area contributed by atoms with Crippen LogP contribution in [0.3, 0.4) is 0 Å². The Labute approximate surface area is 160 Å². The van der Waals surface area contributed by atoms with Crippen LogP contribution < -0.4 is 5.32 Å². The van der Waals surface area contributed by atoms with E-state index in [4.69, 9.17) is 4.84 Å². The fourth-order valence-electron chi connectivity index (χ4n) is 3.95. The fourth-order valence-corrected chi connectivity index (χ4v) is 3.95. The molecule has 1 amide bonds. The van der Waals surface area contributed by atoms with Crippen LogP contribution in [0.2, 0.25) is 0 Å². The van der Waals surface area contributed by atoms with Crippen LogP contribution in [0.1, 0.15) is 45.2 Å². The van der Waals surface area contributed by atoms with Crippen molar-refractivity contribution in [3.05, 3.63) is 30.1 Å². The summed E-state index contributed by atoms with van der Waals surface area (Å²) in [4.78, 5) is 23.6. The Balaban J connectivity index is 1.39. The molecule has 1 N–H and O–H groups in total. The Bertz CT molecular complexity index is 655.